The van der Waals surface area contributed by atoms with Crippen LogP contribution in [0, 0.1) is 0 Å². The number of aliphatic hydroxyl groups excluding tert-OH is 1. The van der Waals surface area contributed by atoms with Crippen molar-refractivity contribution in [2.24, 2.45) is 0 Å². The molecule has 0 aliphatic heterocycles. The van der Waals surface area contributed by atoms with Crippen LogP contribution < -0.4 is 0 Å². The van der Waals surface area contributed by atoms with E-state index in [-0.39, 0.29) is 0 Å². The van der Waals surface area contributed by atoms with Crippen molar-refractivity contribution in [2.45, 2.75) is 90.8 Å². The lowest BCUT2D eigenvalue weighted by Crippen LogP contribution is -2.12. The highest BCUT2D eigenvalue weighted by Gasteiger charge is 2.03. The van der Waals surface area contributed by atoms with Crippen molar-refractivity contribution < 1.29 is 9.84 Å². The third-order valence-corrected chi connectivity index (χ3v) is 3.11. The highest BCUT2D eigenvalue weighted by molar-refractivity contribution is 4.48. The summed E-state index contributed by atoms with van der Waals surface area (Å²) in [5.41, 5.74) is 0. The molecular weight excluding hydrogens is 212 g/mol. The maximum Gasteiger partial charge on any atom is 0.154 e. The molecule has 0 aliphatic carbocycles. The van der Waals surface area contributed by atoms with Crippen molar-refractivity contribution >= 4 is 0 Å². The standard InChI is InChI=1S/C15H32O2/c1-3-5-7-9-10-11-13-15(16)17-14-12-8-6-4-2/h15-16H,3-14H2,1-2H3. The van der Waals surface area contributed by atoms with Gasteiger partial charge in [0.05, 0.1) is 0 Å². The van der Waals surface area contributed by atoms with Crippen molar-refractivity contribution in [3.05, 3.63) is 0 Å². The Labute approximate surface area is 108 Å². The zero-order valence-electron chi connectivity index (χ0n) is 11.9. The summed E-state index contributed by atoms with van der Waals surface area (Å²) in [4.78, 5) is 0. The van der Waals surface area contributed by atoms with Gasteiger partial charge in [0.25, 0.3) is 0 Å². The molecule has 2 heteroatoms. The van der Waals surface area contributed by atoms with E-state index in [0.29, 0.717) is 0 Å². The van der Waals surface area contributed by atoms with Crippen molar-refractivity contribution in [1.29, 1.82) is 0 Å². The molecule has 0 aliphatic rings. The Morgan fingerprint density at radius 2 is 1.29 bits per heavy atom. The van der Waals surface area contributed by atoms with E-state index in [4.69, 9.17) is 4.74 Å². The number of hydrogen-bond acceptors (Lipinski definition) is 2. The summed E-state index contributed by atoms with van der Waals surface area (Å²) in [5.74, 6) is 0. The largest absolute Gasteiger partial charge is 0.368 e. The monoisotopic (exact) mass is 244 g/mol. The van der Waals surface area contributed by atoms with Crippen LogP contribution in [-0.2, 0) is 4.74 Å². The smallest absolute Gasteiger partial charge is 0.154 e. The van der Waals surface area contributed by atoms with Crippen LogP contribution >= 0.6 is 0 Å². The van der Waals surface area contributed by atoms with E-state index >= 15 is 0 Å². The topological polar surface area (TPSA) is 29.5 Å². The van der Waals surface area contributed by atoms with Gasteiger partial charge >= 0.3 is 0 Å². The average Bonchev–Trinajstić information content (AvgIpc) is 2.33. The lowest BCUT2D eigenvalue weighted by atomic mass is 10.1. The maximum atomic E-state index is 9.59. The van der Waals surface area contributed by atoms with Crippen molar-refractivity contribution in [1.82, 2.24) is 0 Å². The Bertz CT molecular complexity index is 137. The molecule has 0 amide bonds. The molecule has 0 fully saturated rings. The maximum absolute atomic E-state index is 9.59. The van der Waals surface area contributed by atoms with E-state index < -0.39 is 6.29 Å². The molecule has 0 saturated carbocycles. The van der Waals surface area contributed by atoms with Gasteiger partial charge in [-0.15, -0.1) is 0 Å². The van der Waals surface area contributed by atoms with Gasteiger partial charge < -0.3 is 9.84 Å². The summed E-state index contributed by atoms with van der Waals surface area (Å²) < 4.78 is 5.37. The second-order valence-corrected chi connectivity index (χ2v) is 4.94. The van der Waals surface area contributed by atoms with Crippen LogP contribution in [-0.4, -0.2) is 18.0 Å². The van der Waals surface area contributed by atoms with Crippen molar-refractivity contribution in [3.63, 3.8) is 0 Å². The highest BCUT2D eigenvalue weighted by atomic mass is 16.6. The molecule has 0 spiro atoms. The molecule has 0 aromatic rings. The highest BCUT2D eigenvalue weighted by Crippen LogP contribution is 2.09. The second kappa shape index (κ2) is 14.0. The summed E-state index contributed by atoms with van der Waals surface area (Å²) in [6.07, 6.45) is 12.7. The van der Waals surface area contributed by atoms with E-state index in [1.807, 2.05) is 0 Å². The van der Waals surface area contributed by atoms with Gasteiger partial charge in [-0.2, -0.15) is 0 Å². The molecule has 1 N–H and O–H groups in total. The molecule has 104 valence electrons. The van der Waals surface area contributed by atoms with E-state index in [2.05, 4.69) is 13.8 Å². The van der Waals surface area contributed by atoms with Crippen LogP contribution in [0.5, 0.6) is 0 Å². The summed E-state index contributed by atoms with van der Waals surface area (Å²) in [5, 5.41) is 9.59. The molecule has 0 heterocycles. The summed E-state index contributed by atoms with van der Waals surface area (Å²) in [6.45, 7) is 5.15. The molecule has 0 radical (unpaired) electrons. The summed E-state index contributed by atoms with van der Waals surface area (Å²) >= 11 is 0. The van der Waals surface area contributed by atoms with Crippen molar-refractivity contribution in [3.8, 4) is 0 Å². The minimum absolute atomic E-state index is 0.525. The van der Waals surface area contributed by atoms with E-state index in [1.165, 1.54) is 51.4 Å². The van der Waals surface area contributed by atoms with Crippen LogP contribution in [0.1, 0.15) is 84.5 Å². The summed E-state index contributed by atoms with van der Waals surface area (Å²) in [7, 11) is 0. The van der Waals surface area contributed by atoms with Crippen LogP contribution in [0.3, 0.4) is 0 Å². The number of rotatable bonds is 13. The van der Waals surface area contributed by atoms with Crippen molar-refractivity contribution in [2.75, 3.05) is 6.61 Å². The van der Waals surface area contributed by atoms with Gasteiger partial charge in [0, 0.05) is 6.61 Å². The van der Waals surface area contributed by atoms with E-state index in [9.17, 15) is 5.11 Å². The Balaban J connectivity index is 3.09. The fraction of sp³-hybridized carbons (Fsp3) is 1.00. The van der Waals surface area contributed by atoms with Crippen LogP contribution in [0.25, 0.3) is 0 Å². The predicted octanol–water partition coefficient (Wildman–Crippen LogP) is 4.65. The molecule has 0 aromatic carbocycles. The first-order valence-electron chi connectivity index (χ1n) is 7.61. The lowest BCUT2D eigenvalue weighted by molar-refractivity contribution is -0.105. The molecule has 0 bridgehead atoms. The fourth-order valence-electron chi connectivity index (χ4n) is 1.93. The first kappa shape index (κ1) is 16.9. The molecule has 0 aromatic heterocycles. The molecule has 0 rings (SSSR count). The minimum atomic E-state index is -0.525. The SMILES string of the molecule is CCCCCCCCC(O)OCCCCCC. The molecule has 17 heavy (non-hydrogen) atoms. The van der Waals surface area contributed by atoms with Gasteiger partial charge in [-0.1, -0.05) is 65.2 Å². The van der Waals surface area contributed by atoms with Gasteiger partial charge in [0.15, 0.2) is 6.29 Å². The Kier molecular flexibility index (Phi) is 13.9. The van der Waals surface area contributed by atoms with Gasteiger partial charge in [-0.3, -0.25) is 0 Å². The normalized spacial score (nSPS) is 12.9. The van der Waals surface area contributed by atoms with E-state index in [0.717, 1.165) is 25.9 Å². The Morgan fingerprint density at radius 1 is 0.765 bits per heavy atom. The second-order valence-electron chi connectivity index (χ2n) is 4.94. The van der Waals surface area contributed by atoms with Gasteiger partial charge in [-0.05, 0) is 19.3 Å². The van der Waals surface area contributed by atoms with Crippen LogP contribution in [0.2, 0.25) is 0 Å². The number of hydrogen-bond donors (Lipinski definition) is 1. The molecule has 1 unspecified atom stereocenters. The zero-order valence-corrected chi connectivity index (χ0v) is 11.9. The van der Waals surface area contributed by atoms with Crippen LogP contribution in [0.15, 0.2) is 0 Å². The Morgan fingerprint density at radius 3 is 1.94 bits per heavy atom. The quantitative estimate of drug-likeness (QED) is 0.377. The lowest BCUT2D eigenvalue weighted by Gasteiger charge is -2.11. The Hall–Kier alpha value is -0.0800. The van der Waals surface area contributed by atoms with Gasteiger partial charge in [-0.25, -0.2) is 0 Å². The third kappa shape index (κ3) is 13.9. The van der Waals surface area contributed by atoms with E-state index in [1.54, 1.807) is 0 Å². The molecular formula is C15H32O2. The van der Waals surface area contributed by atoms with Crippen LogP contribution in [0.4, 0.5) is 0 Å². The van der Waals surface area contributed by atoms with Gasteiger partial charge in [0.2, 0.25) is 0 Å². The number of aliphatic hydroxyl groups is 1. The molecule has 0 saturated heterocycles. The predicted molar refractivity (Wildman–Crippen MR) is 74.1 cm³/mol. The first-order chi connectivity index (χ1) is 8.31. The average molecular weight is 244 g/mol. The molecule has 2 nitrogen and oxygen atoms in total. The zero-order chi connectivity index (χ0) is 12.8. The number of unbranched alkanes of at least 4 members (excludes halogenated alkanes) is 8. The molecule has 1 atom stereocenters. The third-order valence-electron chi connectivity index (χ3n) is 3.11. The first-order valence-corrected chi connectivity index (χ1v) is 7.61. The summed E-state index contributed by atoms with van der Waals surface area (Å²) in [6, 6.07) is 0. The van der Waals surface area contributed by atoms with Gasteiger partial charge in [0.1, 0.15) is 0 Å². The minimum Gasteiger partial charge on any atom is -0.368 e. The number of ether oxygens (including phenoxy) is 1. The fourth-order valence-corrected chi connectivity index (χ4v) is 1.93.